The quantitative estimate of drug-likeness (QED) is 0.500. The zero-order valence-corrected chi connectivity index (χ0v) is 21.1. The van der Waals surface area contributed by atoms with Crippen molar-refractivity contribution in [2.45, 2.75) is 89.9 Å². The molecule has 1 heterocycles. The van der Waals surface area contributed by atoms with E-state index in [1.807, 2.05) is 52.0 Å². The lowest BCUT2D eigenvalue weighted by Gasteiger charge is -2.35. The molecule has 1 aliphatic heterocycles. The Balaban J connectivity index is 1.69. The second kappa shape index (κ2) is 9.06. The molecule has 0 radical (unpaired) electrons. The van der Waals surface area contributed by atoms with Gasteiger partial charge in [-0.15, -0.1) is 0 Å². The van der Waals surface area contributed by atoms with Crippen LogP contribution < -0.4 is 4.74 Å². The van der Waals surface area contributed by atoms with Gasteiger partial charge in [-0.2, -0.15) is 0 Å². The lowest BCUT2D eigenvalue weighted by molar-refractivity contribution is 0.109. The first-order valence-electron chi connectivity index (χ1n) is 11.4. The van der Waals surface area contributed by atoms with Crippen LogP contribution in [-0.2, 0) is 29.2 Å². The van der Waals surface area contributed by atoms with E-state index in [0.717, 1.165) is 37.9 Å². The summed E-state index contributed by atoms with van der Waals surface area (Å²) in [4.78, 5) is 3.12. The SMILES string of the molecule is CCCS(=N)(=O)c1ccc2c(c1)CN(C(C)(C)CCc1ccc(O)c(OC(C)(C)C)c1)C2. The van der Waals surface area contributed by atoms with Crippen LogP contribution in [0.1, 0.15) is 71.1 Å². The second-order valence-corrected chi connectivity index (χ2v) is 12.7. The highest BCUT2D eigenvalue weighted by molar-refractivity contribution is 7.92. The standard InChI is InChI=1S/C26H38N2O3S/c1-7-14-32(27,30)22-10-9-20-17-28(18-21(20)16-22)26(5,6)13-12-19-8-11-23(29)24(15-19)31-25(2,3)4/h8-11,15-16,27,29H,7,12-14,17-18H2,1-6H3. The molecule has 1 aliphatic rings. The Hall–Kier alpha value is -2.05. The summed E-state index contributed by atoms with van der Waals surface area (Å²) in [7, 11) is -2.70. The van der Waals surface area contributed by atoms with Crippen LogP contribution in [0.25, 0.3) is 0 Å². The van der Waals surface area contributed by atoms with Gasteiger partial charge in [-0.05, 0) is 94.8 Å². The van der Waals surface area contributed by atoms with E-state index in [-0.39, 0.29) is 16.9 Å². The van der Waals surface area contributed by atoms with Gasteiger partial charge in [-0.25, -0.2) is 8.99 Å². The first-order valence-corrected chi connectivity index (χ1v) is 13.2. The fourth-order valence-corrected chi connectivity index (χ4v) is 5.57. The number of aromatic hydroxyl groups is 1. The molecule has 3 rings (SSSR count). The Labute approximate surface area is 193 Å². The number of hydrogen-bond donors (Lipinski definition) is 2. The first-order chi connectivity index (χ1) is 14.8. The van der Waals surface area contributed by atoms with E-state index in [1.54, 1.807) is 6.07 Å². The Morgan fingerprint density at radius 1 is 1.06 bits per heavy atom. The Bertz CT molecular complexity index is 1070. The molecule has 0 fully saturated rings. The van der Waals surface area contributed by atoms with Gasteiger partial charge < -0.3 is 9.84 Å². The van der Waals surface area contributed by atoms with Gasteiger partial charge in [-0.3, -0.25) is 4.90 Å². The average Bonchev–Trinajstić information content (AvgIpc) is 3.12. The number of benzene rings is 2. The highest BCUT2D eigenvalue weighted by atomic mass is 32.2. The summed E-state index contributed by atoms with van der Waals surface area (Å²) in [5.74, 6) is 1.11. The van der Waals surface area contributed by atoms with Crippen LogP contribution in [-0.4, -0.2) is 31.1 Å². The summed E-state index contributed by atoms with van der Waals surface area (Å²) in [5.41, 5.74) is 3.20. The molecule has 0 saturated heterocycles. The van der Waals surface area contributed by atoms with Crippen LogP contribution in [0.2, 0.25) is 0 Å². The third-order valence-electron chi connectivity index (χ3n) is 6.09. The van der Waals surface area contributed by atoms with Gasteiger partial charge in [0.15, 0.2) is 11.5 Å². The van der Waals surface area contributed by atoms with Crippen molar-refractivity contribution in [3.63, 3.8) is 0 Å². The molecule has 0 saturated carbocycles. The van der Waals surface area contributed by atoms with E-state index >= 15 is 0 Å². The molecule has 0 aliphatic carbocycles. The van der Waals surface area contributed by atoms with E-state index in [9.17, 15) is 9.32 Å². The molecule has 2 aromatic rings. The van der Waals surface area contributed by atoms with Crippen molar-refractivity contribution >= 4 is 9.73 Å². The number of nitrogens with one attached hydrogen (secondary N) is 1. The van der Waals surface area contributed by atoms with E-state index in [2.05, 4.69) is 24.8 Å². The fraction of sp³-hybridized carbons (Fsp3) is 0.538. The van der Waals surface area contributed by atoms with Crippen molar-refractivity contribution in [2.75, 3.05) is 5.75 Å². The Morgan fingerprint density at radius 3 is 2.41 bits per heavy atom. The molecule has 0 bridgehead atoms. The third kappa shape index (κ3) is 5.84. The van der Waals surface area contributed by atoms with Crippen LogP contribution >= 0.6 is 0 Å². The van der Waals surface area contributed by atoms with Gasteiger partial charge >= 0.3 is 0 Å². The summed E-state index contributed by atoms with van der Waals surface area (Å²) >= 11 is 0. The predicted octanol–water partition coefficient (Wildman–Crippen LogP) is 6.11. The number of phenols is 1. The summed E-state index contributed by atoms with van der Waals surface area (Å²) in [6, 6.07) is 11.6. The summed E-state index contributed by atoms with van der Waals surface area (Å²) < 4.78 is 26.8. The predicted molar refractivity (Wildman–Crippen MR) is 131 cm³/mol. The monoisotopic (exact) mass is 458 g/mol. The topological polar surface area (TPSA) is 73.6 Å². The van der Waals surface area contributed by atoms with Crippen LogP contribution in [0.5, 0.6) is 11.5 Å². The molecule has 0 amide bonds. The molecule has 32 heavy (non-hydrogen) atoms. The van der Waals surface area contributed by atoms with Gasteiger partial charge in [0.2, 0.25) is 0 Å². The molecule has 2 aromatic carbocycles. The van der Waals surface area contributed by atoms with Crippen LogP contribution in [0, 0.1) is 4.78 Å². The highest BCUT2D eigenvalue weighted by Crippen LogP contribution is 2.35. The Morgan fingerprint density at radius 2 is 1.75 bits per heavy atom. The number of hydrogen-bond acceptors (Lipinski definition) is 5. The molecular formula is C26H38N2O3S. The smallest absolute Gasteiger partial charge is 0.161 e. The minimum atomic E-state index is -2.70. The zero-order valence-electron chi connectivity index (χ0n) is 20.3. The zero-order chi connectivity index (χ0) is 23.7. The summed E-state index contributed by atoms with van der Waals surface area (Å²) in [5, 5.41) is 10.1. The summed E-state index contributed by atoms with van der Waals surface area (Å²) in [6.07, 6.45) is 2.58. The van der Waals surface area contributed by atoms with Crippen LogP contribution in [0.15, 0.2) is 41.3 Å². The number of phenolic OH excluding ortho intramolecular Hbond substituents is 1. The molecule has 1 unspecified atom stereocenters. The maximum atomic E-state index is 12.7. The molecule has 5 nitrogen and oxygen atoms in total. The molecular weight excluding hydrogens is 420 g/mol. The maximum Gasteiger partial charge on any atom is 0.161 e. The van der Waals surface area contributed by atoms with Gasteiger partial charge in [0.05, 0.1) is 9.73 Å². The minimum Gasteiger partial charge on any atom is -0.504 e. The first kappa shape index (κ1) is 24.6. The second-order valence-electron chi connectivity index (χ2n) is 10.5. The summed E-state index contributed by atoms with van der Waals surface area (Å²) in [6.45, 7) is 14.1. The number of aryl methyl sites for hydroxylation is 1. The number of rotatable bonds is 8. The molecule has 0 aromatic heterocycles. The normalized spacial score (nSPS) is 16.6. The third-order valence-corrected chi connectivity index (χ3v) is 8.09. The lowest BCUT2D eigenvalue weighted by atomic mass is 9.93. The highest BCUT2D eigenvalue weighted by Gasteiger charge is 2.32. The number of nitrogens with zero attached hydrogens (tertiary/aromatic N) is 1. The van der Waals surface area contributed by atoms with Crippen molar-refractivity contribution in [1.29, 1.82) is 4.78 Å². The van der Waals surface area contributed by atoms with Crippen LogP contribution in [0.4, 0.5) is 0 Å². The fourth-order valence-electron chi connectivity index (χ4n) is 4.14. The van der Waals surface area contributed by atoms with Crippen molar-refractivity contribution in [2.24, 2.45) is 0 Å². The van der Waals surface area contributed by atoms with Gasteiger partial charge in [0, 0.05) is 29.3 Å². The molecule has 0 spiro atoms. The molecule has 1 atom stereocenters. The van der Waals surface area contributed by atoms with E-state index in [4.69, 9.17) is 9.52 Å². The van der Waals surface area contributed by atoms with E-state index < -0.39 is 9.73 Å². The Kier molecular flexibility index (Phi) is 6.97. The van der Waals surface area contributed by atoms with Gasteiger partial charge in [-0.1, -0.05) is 19.1 Å². The minimum absolute atomic E-state index is 0.0338. The largest absolute Gasteiger partial charge is 0.504 e. The van der Waals surface area contributed by atoms with E-state index in [0.29, 0.717) is 16.4 Å². The van der Waals surface area contributed by atoms with Crippen LogP contribution in [0.3, 0.4) is 0 Å². The van der Waals surface area contributed by atoms with Crippen molar-refractivity contribution in [3.05, 3.63) is 53.1 Å². The molecule has 2 N–H and O–H groups in total. The average molecular weight is 459 g/mol. The van der Waals surface area contributed by atoms with Gasteiger partial charge in [0.1, 0.15) is 5.60 Å². The molecule has 6 heteroatoms. The number of ether oxygens (including phenoxy) is 1. The van der Waals surface area contributed by atoms with Crippen molar-refractivity contribution in [3.8, 4) is 11.5 Å². The number of fused-ring (bicyclic) bond motifs is 1. The van der Waals surface area contributed by atoms with Crippen molar-refractivity contribution < 1.29 is 14.1 Å². The van der Waals surface area contributed by atoms with Crippen molar-refractivity contribution in [1.82, 2.24) is 4.90 Å². The molecule has 176 valence electrons. The lowest BCUT2D eigenvalue weighted by Crippen LogP contribution is -2.40. The van der Waals surface area contributed by atoms with Gasteiger partial charge in [0.25, 0.3) is 0 Å². The maximum absolute atomic E-state index is 12.7. The van der Waals surface area contributed by atoms with E-state index in [1.165, 1.54) is 11.1 Å².